The largest absolute Gasteiger partial charge is 0.481 e. The van der Waals surface area contributed by atoms with Gasteiger partial charge in [0, 0.05) is 30.6 Å². The van der Waals surface area contributed by atoms with E-state index < -0.39 is 11.6 Å². The molecule has 3 heterocycles. The van der Waals surface area contributed by atoms with Crippen molar-refractivity contribution in [3.63, 3.8) is 0 Å². The van der Waals surface area contributed by atoms with Crippen LogP contribution < -0.4 is 10.1 Å². The van der Waals surface area contributed by atoms with Crippen LogP contribution in [0.5, 0.6) is 5.88 Å². The number of carbonyl (C=O) groups excluding carboxylic acids is 1. The van der Waals surface area contributed by atoms with E-state index in [9.17, 15) is 13.6 Å². The summed E-state index contributed by atoms with van der Waals surface area (Å²) in [5.74, 6) is -1.66. The summed E-state index contributed by atoms with van der Waals surface area (Å²) in [7, 11) is 1.57. The van der Waals surface area contributed by atoms with Crippen LogP contribution in [0.15, 0.2) is 54.9 Å². The first-order chi connectivity index (χ1) is 16.5. The average Bonchev–Trinajstić information content (AvgIpc) is 3.27. The third kappa shape index (κ3) is 4.36. The minimum atomic E-state index is -0.949. The zero-order valence-electron chi connectivity index (χ0n) is 18.3. The zero-order chi connectivity index (χ0) is 23.7. The smallest absolute Gasteiger partial charge is 0.244 e. The Morgan fingerprint density at radius 2 is 2.09 bits per heavy atom. The molecule has 172 valence electrons. The Labute approximate surface area is 194 Å². The Bertz CT molecular complexity index is 1420. The van der Waals surface area contributed by atoms with Crippen LogP contribution in [0.2, 0.25) is 0 Å². The monoisotopic (exact) mass is 461 g/mol. The molecule has 1 atom stereocenters. The van der Waals surface area contributed by atoms with Crippen LogP contribution >= 0.6 is 0 Å². The normalized spacial score (nSPS) is 15.4. The van der Waals surface area contributed by atoms with Crippen molar-refractivity contribution < 1.29 is 18.3 Å². The standard InChI is InChI=1S/C25H21F2N5O2/c1-34-24-9-7-21-25(30-24)22(10-11-28-21)32-14-16-13-17(4-6-20(16)31-32)29-23(33)8-3-15-2-5-18(26)19(27)12-15/h2-3,5,7-12,14,17H,4,6,13H2,1H3,(H,29,33). The van der Waals surface area contributed by atoms with Gasteiger partial charge >= 0.3 is 0 Å². The van der Waals surface area contributed by atoms with Crippen LogP contribution in [0, 0.1) is 11.6 Å². The third-order valence-corrected chi connectivity index (χ3v) is 5.78. The van der Waals surface area contributed by atoms with Crippen LogP contribution in [0.4, 0.5) is 8.78 Å². The molecule has 1 N–H and O–H groups in total. The number of ether oxygens (including phenoxy) is 1. The van der Waals surface area contributed by atoms with Crippen LogP contribution in [-0.4, -0.2) is 38.8 Å². The number of aromatic nitrogens is 4. The Kier molecular flexibility index (Phi) is 5.75. The van der Waals surface area contributed by atoms with E-state index in [2.05, 4.69) is 15.3 Å². The highest BCUT2D eigenvalue weighted by Crippen LogP contribution is 2.25. The Hall–Kier alpha value is -4.14. The predicted molar refractivity (Wildman–Crippen MR) is 123 cm³/mol. The van der Waals surface area contributed by atoms with Crippen molar-refractivity contribution in [2.24, 2.45) is 0 Å². The van der Waals surface area contributed by atoms with E-state index in [1.807, 2.05) is 18.3 Å². The van der Waals surface area contributed by atoms with Gasteiger partial charge in [0.15, 0.2) is 11.6 Å². The lowest BCUT2D eigenvalue weighted by Gasteiger charge is -2.21. The first-order valence-corrected chi connectivity index (χ1v) is 10.8. The second-order valence-corrected chi connectivity index (χ2v) is 8.05. The van der Waals surface area contributed by atoms with Crippen LogP contribution in [-0.2, 0) is 17.6 Å². The molecule has 1 aliphatic rings. The fourth-order valence-electron chi connectivity index (χ4n) is 4.08. The lowest BCUT2D eigenvalue weighted by Crippen LogP contribution is -2.37. The fraction of sp³-hybridized carbons (Fsp3) is 0.200. The van der Waals surface area contributed by atoms with E-state index in [-0.39, 0.29) is 11.9 Å². The second kappa shape index (κ2) is 9.01. The maximum atomic E-state index is 13.3. The number of fused-ring (bicyclic) bond motifs is 2. The van der Waals surface area contributed by atoms with Gasteiger partial charge in [-0.05, 0) is 60.7 Å². The van der Waals surface area contributed by atoms with Gasteiger partial charge in [-0.25, -0.2) is 18.4 Å². The topological polar surface area (TPSA) is 81.9 Å². The maximum Gasteiger partial charge on any atom is 0.244 e. The minimum Gasteiger partial charge on any atom is -0.481 e. The fourth-order valence-corrected chi connectivity index (χ4v) is 4.08. The average molecular weight is 461 g/mol. The Balaban J connectivity index is 1.31. The van der Waals surface area contributed by atoms with Crippen molar-refractivity contribution in [3.8, 4) is 11.6 Å². The second-order valence-electron chi connectivity index (χ2n) is 8.05. The third-order valence-electron chi connectivity index (χ3n) is 5.78. The van der Waals surface area contributed by atoms with Gasteiger partial charge < -0.3 is 10.1 Å². The molecular weight excluding hydrogens is 440 g/mol. The van der Waals surface area contributed by atoms with Gasteiger partial charge in [0.2, 0.25) is 11.8 Å². The van der Waals surface area contributed by atoms with Gasteiger partial charge in [0.05, 0.1) is 24.0 Å². The van der Waals surface area contributed by atoms with E-state index in [1.54, 1.807) is 24.1 Å². The van der Waals surface area contributed by atoms with Crippen LogP contribution in [0.3, 0.4) is 0 Å². The lowest BCUT2D eigenvalue weighted by molar-refractivity contribution is -0.117. The summed E-state index contributed by atoms with van der Waals surface area (Å²) in [5, 5.41) is 7.73. The molecule has 1 aromatic carbocycles. The number of carbonyl (C=O) groups is 1. The maximum absolute atomic E-state index is 13.3. The highest BCUT2D eigenvalue weighted by atomic mass is 19.2. The molecule has 3 aromatic heterocycles. The molecule has 1 amide bonds. The molecule has 4 aromatic rings. The summed E-state index contributed by atoms with van der Waals surface area (Å²) >= 11 is 0. The van der Waals surface area contributed by atoms with E-state index in [0.717, 1.165) is 47.4 Å². The molecule has 0 radical (unpaired) electrons. The lowest BCUT2D eigenvalue weighted by atomic mass is 9.93. The molecule has 34 heavy (non-hydrogen) atoms. The predicted octanol–water partition coefficient (Wildman–Crippen LogP) is 3.79. The molecule has 1 aliphatic carbocycles. The van der Waals surface area contributed by atoms with Gasteiger partial charge in [-0.2, -0.15) is 5.10 Å². The molecule has 7 nitrogen and oxygen atoms in total. The Morgan fingerprint density at radius 3 is 2.91 bits per heavy atom. The van der Waals surface area contributed by atoms with Crippen molar-refractivity contribution in [2.45, 2.75) is 25.3 Å². The first kappa shape index (κ1) is 21.7. The first-order valence-electron chi connectivity index (χ1n) is 10.8. The summed E-state index contributed by atoms with van der Waals surface area (Å²) in [6, 6.07) is 8.92. The van der Waals surface area contributed by atoms with Crippen LogP contribution in [0.25, 0.3) is 22.8 Å². The summed E-state index contributed by atoms with van der Waals surface area (Å²) in [6.07, 6.45) is 8.57. The zero-order valence-corrected chi connectivity index (χ0v) is 18.3. The quantitative estimate of drug-likeness (QED) is 0.458. The van der Waals surface area contributed by atoms with Gasteiger partial charge in [0.25, 0.3) is 0 Å². The summed E-state index contributed by atoms with van der Waals surface area (Å²) in [5.41, 5.74) is 4.67. The van der Waals surface area contributed by atoms with E-state index in [4.69, 9.17) is 9.84 Å². The summed E-state index contributed by atoms with van der Waals surface area (Å²) in [4.78, 5) is 21.3. The van der Waals surface area contributed by atoms with Gasteiger partial charge in [-0.15, -0.1) is 0 Å². The minimum absolute atomic E-state index is 0.0559. The highest BCUT2D eigenvalue weighted by molar-refractivity contribution is 5.92. The van der Waals surface area contributed by atoms with E-state index >= 15 is 0 Å². The molecule has 0 saturated carbocycles. The summed E-state index contributed by atoms with van der Waals surface area (Å²) < 4.78 is 33.4. The van der Waals surface area contributed by atoms with Gasteiger partial charge in [0.1, 0.15) is 5.52 Å². The van der Waals surface area contributed by atoms with Crippen molar-refractivity contribution in [3.05, 3.63) is 83.3 Å². The van der Waals surface area contributed by atoms with Gasteiger partial charge in [-0.3, -0.25) is 9.78 Å². The SMILES string of the molecule is COc1ccc2nccc(-n3cc4c(n3)CCC(NC(=O)C=Cc3ccc(F)c(F)c3)C4)c2n1. The number of methoxy groups -OCH3 is 1. The molecule has 0 fully saturated rings. The number of nitrogens with zero attached hydrogens (tertiary/aromatic N) is 4. The van der Waals surface area contributed by atoms with E-state index in [1.165, 1.54) is 18.2 Å². The molecular formula is C25H21F2N5O2. The van der Waals surface area contributed by atoms with E-state index in [0.29, 0.717) is 23.4 Å². The van der Waals surface area contributed by atoms with Crippen molar-refractivity contribution in [1.82, 2.24) is 25.1 Å². The molecule has 9 heteroatoms. The Morgan fingerprint density at radius 1 is 1.21 bits per heavy atom. The van der Waals surface area contributed by atoms with Crippen molar-refractivity contribution >= 4 is 23.0 Å². The number of hydrogen-bond acceptors (Lipinski definition) is 5. The highest BCUT2D eigenvalue weighted by Gasteiger charge is 2.23. The summed E-state index contributed by atoms with van der Waals surface area (Å²) in [6.45, 7) is 0. The number of benzene rings is 1. The number of hydrogen-bond donors (Lipinski definition) is 1. The number of amides is 1. The molecule has 0 aliphatic heterocycles. The number of aryl methyl sites for hydroxylation is 1. The number of pyridine rings is 2. The van der Waals surface area contributed by atoms with Crippen LogP contribution in [0.1, 0.15) is 23.2 Å². The number of halogens is 2. The van der Waals surface area contributed by atoms with Crippen molar-refractivity contribution in [1.29, 1.82) is 0 Å². The molecule has 1 unspecified atom stereocenters. The number of nitrogens with one attached hydrogen (secondary N) is 1. The van der Waals surface area contributed by atoms with Gasteiger partial charge in [-0.1, -0.05) is 6.07 Å². The molecule has 0 bridgehead atoms. The molecule has 0 spiro atoms. The molecule has 0 saturated heterocycles. The molecule has 5 rings (SSSR count). The number of rotatable bonds is 5. The van der Waals surface area contributed by atoms with Crippen molar-refractivity contribution in [2.75, 3.05) is 7.11 Å².